The molecule has 4 rings (SSSR count). The molecule has 1 amide bonds. The summed E-state index contributed by atoms with van der Waals surface area (Å²) in [4.78, 5) is 25.0. The van der Waals surface area contributed by atoms with Crippen LogP contribution in [0.2, 0.25) is 0 Å². The Morgan fingerprint density at radius 2 is 1.82 bits per heavy atom. The number of alkyl halides is 3. The molecule has 0 atom stereocenters. The van der Waals surface area contributed by atoms with Crippen LogP contribution in [0.15, 0.2) is 59.0 Å². The second-order valence-corrected chi connectivity index (χ2v) is 7.25. The second kappa shape index (κ2) is 8.94. The first-order valence-electron chi connectivity index (χ1n) is 9.92. The zero-order chi connectivity index (χ0) is 23.6. The lowest BCUT2D eigenvalue weighted by Gasteiger charge is -2.30. The first kappa shape index (κ1) is 22.3. The Labute approximate surface area is 185 Å². The Morgan fingerprint density at radius 1 is 1.06 bits per heavy atom. The van der Waals surface area contributed by atoms with Gasteiger partial charge < -0.3 is 19.4 Å². The molecule has 1 N–H and O–H groups in total. The predicted molar refractivity (Wildman–Crippen MR) is 113 cm³/mol. The summed E-state index contributed by atoms with van der Waals surface area (Å²) in [5, 5.41) is 13.5. The van der Waals surface area contributed by atoms with Crippen LogP contribution in [0.5, 0.6) is 0 Å². The van der Waals surface area contributed by atoms with E-state index < -0.39 is 22.6 Å². The van der Waals surface area contributed by atoms with Gasteiger partial charge in [-0.15, -0.1) is 0 Å². The van der Waals surface area contributed by atoms with Crippen LogP contribution in [-0.4, -0.2) is 37.1 Å². The van der Waals surface area contributed by atoms with Crippen molar-refractivity contribution in [2.24, 2.45) is 0 Å². The van der Waals surface area contributed by atoms with E-state index in [2.05, 4.69) is 5.32 Å². The lowest BCUT2D eigenvalue weighted by molar-refractivity contribution is -0.384. The Hall–Kier alpha value is -3.86. The number of nitro groups is 1. The van der Waals surface area contributed by atoms with Gasteiger partial charge in [-0.1, -0.05) is 12.1 Å². The van der Waals surface area contributed by atoms with Gasteiger partial charge >= 0.3 is 6.18 Å². The van der Waals surface area contributed by atoms with Gasteiger partial charge in [0.05, 0.1) is 35.1 Å². The van der Waals surface area contributed by atoms with E-state index in [0.717, 1.165) is 12.1 Å². The van der Waals surface area contributed by atoms with Gasteiger partial charge in [0.15, 0.2) is 5.76 Å². The molecule has 8 nitrogen and oxygen atoms in total. The van der Waals surface area contributed by atoms with E-state index in [1.54, 1.807) is 6.07 Å². The van der Waals surface area contributed by atoms with Gasteiger partial charge in [0.1, 0.15) is 5.76 Å². The van der Waals surface area contributed by atoms with Gasteiger partial charge in [0, 0.05) is 30.8 Å². The average molecular weight is 461 g/mol. The van der Waals surface area contributed by atoms with E-state index in [1.807, 2.05) is 4.90 Å². The van der Waals surface area contributed by atoms with Gasteiger partial charge in [0.25, 0.3) is 11.6 Å². The zero-order valence-corrected chi connectivity index (χ0v) is 17.1. The van der Waals surface area contributed by atoms with Crippen molar-refractivity contribution < 1.29 is 32.0 Å². The number of amides is 1. The second-order valence-electron chi connectivity index (χ2n) is 7.25. The number of hydrogen-bond acceptors (Lipinski definition) is 6. The fourth-order valence-corrected chi connectivity index (χ4v) is 3.46. The summed E-state index contributed by atoms with van der Waals surface area (Å²) in [7, 11) is 0. The van der Waals surface area contributed by atoms with Gasteiger partial charge in [-0.3, -0.25) is 14.9 Å². The van der Waals surface area contributed by atoms with E-state index in [1.165, 1.54) is 36.4 Å². The van der Waals surface area contributed by atoms with Gasteiger partial charge in [-0.2, -0.15) is 13.2 Å². The summed E-state index contributed by atoms with van der Waals surface area (Å²) in [5.74, 6) is -0.691. The minimum absolute atomic E-state index is 0.00924. The normalized spacial score (nSPS) is 14.2. The highest BCUT2D eigenvalue weighted by Crippen LogP contribution is 2.36. The summed E-state index contributed by atoms with van der Waals surface area (Å²) < 4.78 is 50.6. The number of furan rings is 1. The van der Waals surface area contributed by atoms with Crippen LogP contribution in [0.3, 0.4) is 0 Å². The lowest BCUT2D eigenvalue weighted by atomic mass is 10.1. The monoisotopic (exact) mass is 461 g/mol. The van der Waals surface area contributed by atoms with Crippen LogP contribution < -0.4 is 10.2 Å². The number of nitro benzene ring substituents is 1. The number of non-ortho nitro benzene ring substituents is 1. The molecule has 0 spiro atoms. The molecule has 1 aromatic heterocycles. The Bertz CT molecular complexity index is 1190. The zero-order valence-electron chi connectivity index (χ0n) is 17.1. The molecule has 1 saturated heterocycles. The van der Waals surface area contributed by atoms with Gasteiger partial charge in [-0.05, 0) is 30.3 Å². The van der Waals surface area contributed by atoms with E-state index in [-0.39, 0.29) is 22.9 Å². The first-order valence-corrected chi connectivity index (χ1v) is 9.92. The molecule has 1 aliphatic rings. The van der Waals surface area contributed by atoms with E-state index >= 15 is 0 Å². The molecule has 0 unspecified atom stereocenters. The van der Waals surface area contributed by atoms with Crippen molar-refractivity contribution in [2.75, 3.05) is 36.5 Å². The minimum atomic E-state index is -4.58. The number of benzene rings is 2. The van der Waals surface area contributed by atoms with Crippen LogP contribution in [0.4, 0.5) is 30.2 Å². The van der Waals surface area contributed by atoms with Crippen molar-refractivity contribution in [3.8, 4) is 11.3 Å². The Kier molecular flexibility index (Phi) is 6.05. The summed E-state index contributed by atoms with van der Waals surface area (Å²) in [5.41, 5.74) is -0.230. The number of nitrogens with zero attached hydrogens (tertiary/aromatic N) is 2. The predicted octanol–water partition coefficient (Wildman–Crippen LogP) is 4.96. The maximum atomic E-state index is 13.3. The smallest absolute Gasteiger partial charge is 0.416 e. The third kappa shape index (κ3) is 4.98. The molecule has 33 heavy (non-hydrogen) atoms. The minimum Gasteiger partial charge on any atom is -0.451 e. The quantitative estimate of drug-likeness (QED) is 0.426. The molecule has 2 heterocycles. The molecular formula is C22H18F3N3O5. The maximum absolute atomic E-state index is 13.3. The fraction of sp³-hybridized carbons (Fsp3) is 0.227. The van der Waals surface area contributed by atoms with Crippen molar-refractivity contribution in [3.63, 3.8) is 0 Å². The summed E-state index contributed by atoms with van der Waals surface area (Å²) in [6.45, 7) is 1.76. The number of nitrogens with one attached hydrogen (secondary N) is 1. The molecule has 3 aromatic rings. The molecular weight excluding hydrogens is 443 g/mol. The van der Waals surface area contributed by atoms with Crippen LogP contribution >= 0.6 is 0 Å². The summed E-state index contributed by atoms with van der Waals surface area (Å²) in [6, 6.07) is 11.7. The number of hydrogen-bond donors (Lipinski definition) is 1. The van der Waals surface area contributed by atoms with Crippen molar-refractivity contribution in [3.05, 3.63) is 76.0 Å². The standard InChI is InChI=1S/C22H18F3N3O5/c23-22(24,25)15-4-5-18(27-8-10-32-11-9-27)17(13-15)26-21(29)20-7-6-19(33-20)14-2-1-3-16(12-14)28(30)31/h1-7,12-13H,8-11H2,(H,26,29). The molecule has 1 aliphatic heterocycles. The van der Waals surface area contributed by atoms with E-state index in [4.69, 9.17) is 9.15 Å². The molecule has 0 saturated carbocycles. The Morgan fingerprint density at radius 3 is 2.52 bits per heavy atom. The lowest BCUT2D eigenvalue weighted by Crippen LogP contribution is -2.36. The van der Waals surface area contributed by atoms with Crippen LogP contribution in [0.25, 0.3) is 11.3 Å². The molecule has 2 aromatic carbocycles. The molecule has 11 heteroatoms. The SMILES string of the molecule is O=C(Nc1cc(C(F)(F)F)ccc1N1CCOCC1)c1ccc(-c2cccc([N+](=O)[O-])c2)o1. The molecule has 1 fully saturated rings. The highest BCUT2D eigenvalue weighted by molar-refractivity contribution is 6.04. The first-order chi connectivity index (χ1) is 15.7. The van der Waals surface area contributed by atoms with Crippen molar-refractivity contribution >= 4 is 23.0 Å². The third-order valence-corrected chi connectivity index (χ3v) is 5.10. The van der Waals surface area contributed by atoms with Gasteiger partial charge in [-0.25, -0.2) is 0 Å². The third-order valence-electron chi connectivity index (χ3n) is 5.10. The summed E-state index contributed by atoms with van der Waals surface area (Å²) in [6.07, 6.45) is -4.58. The van der Waals surface area contributed by atoms with Gasteiger partial charge in [0.2, 0.25) is 0 Å². The fourth-order valence-electron chi connectivity index (χ4n) is 3.46. The highest BCUT2D eigenvalue weighted by Gasteiger charge is 2.32. The summed E-state index contributed by atoms with van der Waals surface area (Å²) >= 11 is 0. The molecule has 0 aliphatic carbocycles. The van der Waals surface area contributed by atoms with Crippen LogP contribution in [-0.2, 0) is 10.9 Å². The number of anilines is 2. The largest absolute Gasteiger partial charge is 0.451 e. The van der Waals surface area contributed by atoms with E-state index in [0.29, 0.717) is 37.6 Å². The van der Waals surface area contributed by atoms with Crippen molar-refractivity contribution in [2.45, 2.75) is 6.18 Å². The number of halogens is 3. The number of carbonyl (C=O) groups excluding carboxylic acids is 1. The topological polar surface area (TPSA) is 97.9 Å². The molecule has 172 valence electrons. The number of morpholine rings is 1. The van der Waals surface area contributed by atoms with Crippen LogP contribution in [0, 0.1) is 10.1 Å². The number of rotatable bonds is 5. The highest BCUT2D eigenvalue weighted by atomic mass is 19.4. The number of ether oxygens (including phenoxy) is 1. The molecule has 0 bridgehead atoms. The van der Waals surface area contributed by atoms with E-state index in [9.17, 15) is 28.1 Å². The van der Waals surface area contributed by atoms with Crippen LogP contribution in [0.1, 0.15) is 16.1 Å². The van der Waals surface area contributed by atoms with Crippen molar-refractivity contribution in [1.82, 2.24) is 0 Å². The maximum Gasteiger partial charge on any atom is 0.416 e. The molecule has 0 radical (unpaired) electrons. The average Bonchev–Trinajstić information content (AvgIpc) is 3.30. The van der Waals surface area contributed by atoms with Crippen molar-refractivity contribution in [1.29, 1.82) is 0 Å². The Balaban J connectivity index is 1.61. The number of carbonyl (C=O) groups is 1.